The topological polar surface area (TPSA) is 26.3 Å². The van der Waals surface area contributed by atoms with E-state index in [0.717, 1.165) is 25.9 Å². The lowest BCUT2D eigenvalue weighted by Gasteiger charge is -2.06. The molecule has 1 saturated heterocycles. The lowest BCUT2D eigenvalue weighted by molar-refractivity contribution is -0.123. The second kappa shape index (κ2) is 5.30. The highest BCUT2D eigenvalue weighted by molar-refractivity contribution is 5.79. The van der Waals surface area contributed by atoms with Crippen molar-refractivity contribution < 1.29 is 9.53 Å². The summed E-state index contributed by atoms with van der Waals surface area (Å²) < 4.78 is 5.17. The van der Waals surface area contributed by atoms with Crippen LogP contribution in [0.4, 0.5) is 0 Å². The predicted molar refractivity (Wildman–Crippen MR) is 43.5 cm³/mol. The molecule has 0 atom stereocenters. The smallest absolute Gasteiger partial charge is 0.158 e. The van der Waals surface area contributed by atoms with Crippen molar-refractivity contribution in [2.45, 2.75) is 38.5 Å². The van der Waals surface area contributed by atoms with Crippen LogP contribution in [0.3, 0.4) is 0 Å². The maximum absolute atomic E-state index is 11.0. The molecule has 0 aromatic heterocycles. The Morgan fingerprint density at radius 1 is 1.00 bits per heavy atom. The lowest BCUT2D eigenvalue weighted by Crippen LogP contribution is -2.10. The second-order valence-corrected chi connectivity index (χ2v) is 3.11. The predicted octanol–water partition coefficient (Wildman–Crippen LogP) is 1.93. The first-order valence-electron chi connectivity index (χ1n) is 4.49. The molecule has 2 heteroatoms. The third-order valence-electron chi connectivity index (χ3n) is 2.01. The van der Waals surface area contributed by atoms with Crippen molar-refractivity contribution in [2.75, 3.05) is 13.2 Å². The minimum Gasteiger partial charge on any atom is -0.374 e. The average molecular weight is 156 g/mol. The van der Waals surface area contributed by atoms with E-state index in [4.69, 9.17) is 4.74 Å². The van der Waals surface area contributed by atoms with E-state index in [1.807, 2.05) is 0 Å². The molecule has 0 radical (unpaired) electrons. The SMILES string of the molecule is O=C1CCCCCCCOC1. The summed E-state index contributed by atoms with van der Waals surface area (Å²) in [5, 5.41) is 0. The number of hydrogen-bond acceptors (Lipinski definition) is 2. The van der Waals surface area contributed by atoms with Gasteiger partial charge in [-0.25, -0.2) is 0 Å². The third-order valence-corrected chi connectivity index (χ3v) is 2.01. The number of carbonyl (C=O) groups excluding carboxylic acids is 1. The largest absolute Gasteiger partial charge is 0.374 e. The van der Waals surface area contributed by atoms with Gasteiger partial charge in [-0.15, -0.1) is 0 Å². The van der Waals surface area contributed by atoms with Crippen LogP contribution in [0, 0.1) is 0 Å². The minimum atomic E-state index is 0.270. The molecule has 0 bridgehead atoms. The van der Waals surface area contributed by atoms with Gasteiger partial charge in [-0.1, -0.05) is 19.3 Å². The van der Waals surface area contributed by atoms with Crippen molar-refractivity contribution >= 4 is 5.78 Å². The summed E-state index contributed by atoms with van der Waals surface area (Å²) in [4.78, 5) is 11.0. The summed E-state index contributed by atoms with van der Waals surface area (Å²) in [6.45, 7) is 1.12. The summed E-state index contributed by atoms with van der Waals surface area (Å²) in [6, 6.07) is 0. The number of Topliss-reactive ketones (excluding diaryl/α,β-unsaturated/α-hetero) is 1. The zero-order valence-corrected chi connectivity index (χ0v) is 6.97. The van der Waals surface area contributed by atoms with E-state index < -0.39 is 0 Å². The van der Waals surface area contributed by atoms with E-state index in [0.29, 0.717) is 6.61 Å². The lowest BCUT2D eigenvalue weighted by atomic mass is 10.1. The van der Waals surface area contributed by atoms with Crippen molar-refractivity contribution in [2.24, 2.45) is 0 Å². The number of hydrogen-bond donors (Lipinski definition) is 0. The quantitative estimate of drug-likeness (QED) is 0.535. The molecule has 0 spiro atoms. The van der Waals surface area contributed by atoms with Crippen molar-refractivity contribution in [3.8, 4) is 0 Å². The van der Waals surface area contributed by atoms with Crippen LogP contribution in [0.1, 0.15) is 38.5 Å². The van der Waals surface area contributed by atoms with Crippen LogP contribution in [0.25, 0.3) is 0 Å². The van der Waals surface area contributed by atoms with Gasteiger partial charge in [0, 0.05) is 13.0 Å². The van der Waals surface area contributed by atoms with Crippen LogP contribution in [-0.2, 0) is 9.53 Å². The van der Waals surface area contributed by atoms with Gasteiger partial charge >= 0.3 is 0 Å². The zero-order valence-electron chi connectivity index (χ0n) is 6.97. The molecular weight excluding hydrogens is 140 g/mol. The van der Waals surface area contributed by atoms with Crippen LogP contribution < -0.4 is 0 Å². The van der Waals surface area contributed by atoms with Crippen LogP contribution in [0.2, 0.25) is 0 Å². The van der Waals surface area contributed by atoms with Gasteiger partial charge < -0.3 is 4.74 Å². The molecule has 1 rings (SSSR count). The Labute approximate surface area is 67.9 Å². The van der Waals surface area contributed by atoms with Gasteiger partial charge in [0.2, 0.25) is 0 Å². The van der Waals surface area contributed by atoms with E-state index in [-0.39, 0.29) is 5.78 Å². The summed E-state index contributed by atoms with van der Waals surface area (Å²) in [7, 11) is 0. The fourth-order valence-corrected chi connectivity index (χ4v) is 1.31. The molecule has 1 fully saturated rings. The molecule has 64 valence electrons. The van der Waals surface area contributed by atoms with E-state index in [2.05, 4.69) is 0 Å². The molecule has 1 aliphatic rings. The summed E-state index contributed by atoms with van der Waals surface area (Å²) in [5.74, 6) is 0.270. The van der Waals surface area contributed by atoms with Crippen molar-refractivity contribution in [1.29, 1.82) is 0 Å². The van der Waals surface area contributed by atoms with Gasteiger partial charge in [0.1, 0.15) is 6.61 Å². The van der Waals surface area contributed by atoms with Crippen molar-refractivity contribution in [1.82, 2.24) is 0 Å². The standard InChI is InChI=1S/C9H16O2/c10-9-6-4-2-1-3-5-7-11-8-9/h1-8H2. The first-order valence-corrected chi connectivity index (χ1v) is 4.49. The highest BCUT2D eigenvalue weighted by atomic mass is 16.5. The minimum absolute atomic E-state index is 0.270. The molecule has 1 aliphatic heterocycles. The van der Waals surface area contributed by atoms with Gasteiger partial charge in [0.05, 0.1) is 0 Å². The van der Waals surface area contributed by atoms with E-state index in [9.17, 15) is 4.79 Å². The van der Waals surface area contributed by atoms with Gasteiger partial charge in [0.15, 0.2) is 5.78 Å². The summed E-state index contributed by atoms with van der Waals surface area (Å²) in [6.07, 6.45) is 6.63. The van der Waals surface area contributed by atoms with Gasteiger partial charge in [-0.05, 0) is 12.8 Å². The zero-order chi connectivity index (χ0) is 7.94. The number of carbonyl (C=O) groups is 1. The van der Waals surface area contributed by atoms with Gasteiger partial charge in [-0.2, -0.15) is 0 Å². The molecule has 0 aliphatic carbocycles. The van der Waals surface area contributed by atoms with Crippen molar-refractivity contribution in [3.05, 3.63) is 0 Å². The number of rotatable bonds is 0. The molecule has 2 nitrogen and oxygen atoms in total. The van der Waals surface area contributed by atoms with E-state index in [1.54, 1.807) is 0 Å². The molecule has 0 amide bonds. The molecule has 11 heavy (non-hydrogen) atoms. The number of ketones is 1. The third kappa shape index (κ3) is 4.14. The Bertz CT molecular complexity index is 109. The summed E-state index contributed by atoms with van der Waals surface area (Å²) in [5.41, 5.74) is 0. The average Bonchev–Trinajstić information content (AvgIpc) is 2.03. The molecule has 0 aromatic rings. The number of ether oxygens (including phenoxy) is 1. The first kappa shape index (κ1) is 8.72. The Morgan fingerprint density at radius 2 is 1.73 bits per heavy atom. The highest BCUT2D eigenvalue weighted by Gasteiger charge is 2.03. The first-order chi connectivity index (χ1) is 5.39. The maximum atomic E-state index is 11.0. The Balaban J connectivity index is 2.17. The van der Waals surface area contributed by atoms with Crippen LogP contribution in [0.5, 0.6) is 0 Å². The van der Waals surface area contributed by atoms with Crippen LogP contribution in [0.15, 0.2) is 0 Å². The van der Waals surface area contributed by atoms with Crippen LogP contribution in [-0.4, -0.2) is 19.0 Å². The molecular formula is C9H16O2. The Hall–Kier alpha value is -0.370. The molecule has 0 unspecified atom stereocenters. The Morgan fingerprint density at radius 3 is 2.64 bits per heavy atom. The van der Waals surface area contributed by atoms with Crippen LogP contribution >= 0.6 is 0 Å². The fraction of sp³-hybridized carbons (Fsp3) is 0.889. The van der Waals surface area contributed by atoms with E-state index in [1.165, 1.54) is 19.3 Å². The molecule has 0 N–H and O–H groups in total. The van der Waals surface area contributed by atoms with Gasteiger partial charge in [-0.3, -0.25) is 4.79 Å². The second-order valence-electron chi connectivity index (χ2n) is 3.11. The molecule has 0 aromatic carbocycles. The summed E-state index contributed by atoms with van der Waals surface area (Å²) >= 11 is 0. The van der Waals surface area contributed by atoms with Crippen molar-refractivity contribution in [3.63, 3.8) is 0 Å². The maximum Gasteiger partial charge on any atom is 0.158 e. The monoisotopic (exact) mass is 156 g/mol. The fourth-order valence-electron chi connectivity index (χ4n) is 1.31. The van der Waals surface area contributed by atoms with Gasteiger partial charge in [0.25, 0.3) is 0 Å². The highest BCUT2D eigenvalue weighted by Crippen LogP contribution is 2.07. The Kier molecular flexibility index (Phi) is 4.21. The molecule has 1 heterocycles. The van der Waals surface area contributed by atoms with E-state index >= 15 is 0 Å². The normalized spacial score (nSPS) is 23.1. The molecule has 0 saturated carbocycles.